The summed E-state index contributed by atoms with van der Waals surface area (Å²) in [6, 6.07) is 15.2. The molecule has 2 aromatic rings. The molecule has 0 fully saturated rings. The lowest BCUT2D eigenvalue weighted by Gasteiger charge is -2.15. The Hall–Kier alpha value is -2.63. The molecule has 0 spiro atoms. The minimum absolute atomic E-state index is 0.0866. The third-order valence-corrected chi connectivity index (χ3v) is 3.32. The van der Waals surface area contributed by atoms with E-state index in [-0.39, 0.29) is 30.7 Å². The van der Waals surface area contributed by atoms with E-state index in [1.807, 2.05) is 37.3 Å². The largest absolute Gasteiger partial charge is 0.493 e. The number of halogens is 2. The predicted octanol–water partition coefficient (Wildman–Crippen LogP) is 3.93. The second-order valence-corrected chi connectivity index (χ2v) is 5.15. The Balaban J connectivity index is 1.76. The van der Waals surface area contributed by atoms with Crippen molar-refractivity contribution in [1.29, 1.82) is 0 Å². The van der Waals surface area contributed by atoms with E-state index >= 15 is 0 Å². The van der Waals surface area contributed by atoms with Gasteiger partial charge in [0.25, 0.3) is 0 Å². The van der Waals surface area contributed by atoms with Crippen LogP contribution in [0.15, 0.2) is 54.6 Å². The Morgan fingerprint density at radius 3 is 2.33 bits per heavy atom. The standard InChI is InChI=1S/C18H19F2NO3/c1-13(14-7-9-16(10-8-14)24-18(19)20)21-17(22)11-12-23-15-5-3-2-4-6-15/h2-10,13,18H,11-12H2,1H3,(H,21,22). The first-order chi connectivity index (χ1) is 11.5. The fraction of sp³-hybridized carbons (Fsp3) is 0.278. The fourth-order valence-electron chi connectivity index (χ4n) is 2.11. The van der Waals surface area contributed by atoms with Crippen LogP contribution in [-0.2, 0) is 4.79 Å². The minimum Gasteiger partial charge on any atom is -0.493 e. The molecule has 4 nitrogen and oxygen atoms in total. The molecule has 0 aliphatic rings. The summed E-state index contributed by atoms with van der Waals surface area (Å²) in [5.74, 6) is 0.655. The average molecular weight is 335 g/mol. The van der Waals surface area contributed by atoms with E-state index in [1.165, 1.54) is 12.1 Å². The molecule has 128 valence electrons. The Morgan fingerprint density at radius 2 is 1.71 bits per heavy atom. The van der Waals surface area contributed by atoms with E-state index in [0.29, 0.717) is 5.75 Å². The molecule has 0 aromatic heterocycles. The lowest BCUT2D eigenvalue weighted by molar-refractivity contribution is -0.122. The van der Waals surface area contributed by atoms with Crippen molar-refractivity contribution in [3.63, 3.8) is 0 Å². The van der Waals surface area contributed by atoms with Crippen molar-refractivity contribution in [2.75, 3.05) is 6.61 Å². The third-order valence-electron chi connectivity index (χ3n) is 3.32. The van der Waals surface area contributed by atoms with Crippen molar-refractivity contribution in [3.05, 3.63) is 60.2 Å². The van der Waals surface area contributed by atoms with Crippen LogP contribution in [0.25, 0.3) is 0 Å². The molecule has 0 radical (unpaired) electrons. The summed E-state index contributed by atoms with van der Waals surface area (Å²) in [6.07, 6.45) is 0.228. The number of amides is 1. The zero-order valence-electron chi connectivity index (χ0n) is 13.2. The first-order valence-electron chi connectivity index (χ1n) is 7.56. The molecule has 1 unspecified atom stereocenters. The lowest BCUT2D eigenvalue weighted by Crippen LogP contribution is -2.27. The zero-order chi connectivity index (χ0) is 17.4. The van der Waals surface area contributed by atoms with Gasteiger partial charge in [-0.2, -0.15) is 8.78 Å². The van der Waals surface area contributed by atoms with E-state index in [4.69, 9.17) is 4.74 Å². The normalized spacial score (nSPS) is 11.8. The number of alkyl halides is 2. The highest BCUT2D eigenvalue weighted by Gasteiger charge is 2.11. The summed E-state index contributed by atoms with van der Waals surface area (Å²) in [6.45, 7) is -0.750. The maximum Gasteiger partial charge on any atom is 0.387 e. The summed E-state index contributed by atoms with van der Waals surface area (Å²) >= 11 is 0. The molecule has 2 rings (SSSR count). The van der Waals surface area contributed by atoms with Crippen molar-refractivity contribution in [3.8, 4) is 11.5 Å². The van der Waals surface area contributed by atoms with E-state index in [0.717, 1.165) is 5.56 Å². The van der Waals surface area contributed by atoms with Crippen molar-refractivity contribution in [2.24, 2.45) is 0 Å². The average Bonchev–Trinajstić information content (AvgIpc) is 2.56. The van der Waals surface area contributed by atoms with E-state index in [1.54, 1.807) is 12.1 Å². The molecule has 24 heavy (non-hydrogen) atoms. The van der Waals surface area contributed by atoms with Gasteiger partial charge in [-0.3, -0.25) is 4.79 Å². The van der Waals surface area contributed by atoms with Crippen LogP contribution in [0.3, 0.4) is 0 Å². The van der Waals surface area contributed by atoms with Crippen molar-refractivity contribution < 1.29 is 23.0 Å². The van der Waals surface area contributed by atoms with Gasteiger partial charge < -0.3 is 14.8 Å². The van der Waals surface area contributed by atoms with Gasteiger partial charge >= 0.3 is 6.61 Å². The van der Waals surface area contributed by atoms with E-state index < -0.39 is 6.61 Å². The van der Waals surface area contributed by atoms with Gasteiger partial charge in [0.05, 0.1) is 19.1 Å². The number of hydrogen-bond donors (Lipinski definition) is 1. The van der Waals surface area contributed by atoms with Crippen LogP contribution < -0.4 is 14.8 Å². The summed E-state index contributed by atoms with van der Waals surface area (Å²) in [5.41, 5.74) is 0.800. The smallest absolute Gasteiger partial charge is 0.387 e. The topological polar surface area (TPSA) is 47.6 Å². The SMILES string of the molecule is CC(NC(=O)CCOc1ccccc1)c1ccc(OC(F)F)cc1. The monoisotopic (exact) mass is 335 g/mol. The zero-order valence-corrected chi connectivity index (χ0v) is 13.2. The van der Waals surface area contributed by atoms with Gasteiger partial charge in [0.2, 0.25) is 5.91 Å². The highest BCUT2D eigenvalue weighted by molar-refractivity contribution is 5.76. The number of carbonyl (C=O) groups excluding carboxylic acids is 1. The number of rotatable bonds is 8. The maximum atomic E-state index is 12.1. The van der Waals surface area contributed by atoms with Gasteiger partial charge in [-0.1, -0.05) is 30.3 Å². The summed E-state index contributed by atoms with van der Waals surface area (Å²) < 4.78 is 34.0. The fourth-order valence-corrected chi connectivity index (χ4v) is 2.11. The van der Waals surface area contributed by atoms with Gasteiger partial charge in [0.15, 0.2) is 0 Å². The molecular weight excluding hydrogens is 316 g/mol. The summed E-state index contributed by atoms with van der Waals surface area (Å²) in [5, 5.41) is 2.83. The molecular formula is C18H19F2NO3. The van der Waals surface area contributed by atoms with Crippen LogP contribution in [0.1, 0.15) is 24.9 Å². The number of para-hydroxylation sites is 1. The molecule has 0 saturated heterocycles. The molecule has 0 bridgehead atoms. The second kappa shape index (κ2) is 8.86. The predicted molar refractivity (Wildman–Crippen MR) is 86.2 cm³/mol. The molecule has 0 aliphatic carbocycles. The van der Waals surface area contributed by atoms with Crippen LogP contribution in [0.4, 0.5) is 8.78 Å². The van der Waals surface area contributed by atoms with Crippen LogP contribution >= 0.6 is 0 Å². The summed E-state index contributed by atoms with van der Waals surface area (Å²) in [4.78, 5) is 11.9. The summed E-state index contributed by atoms with van der Waals surface area (Å²) in [7, 11) is 0. The van der Waals surface area contributed by atoms with Gasteiger partial charge in [-0.15, -0.1) is 0 Å². The van der Waals surface area contributed by atoms with Crippen molar-refractivity contribution in [1.82, 2.24) is 5.32 Å². The molecule has 6 heteroatoms. The first-order valence-corrected chi connectivity index (χ1v) is 7.56. The van der Waals surface area contributed by atoms with Gasteiger partial charge in [0, 0.05) is 0 Å². The quantitative estimate of drug-likeness (QED) is 0.795. The Morgan fingerprint density at radius 1 is 1.04 bits per heavy atom. The number of carbonyl (C=O) groups is 1. The Labute approximate surface area is 139 Å². The second-order valence-electron chi connectivity index (χ2n) is 5.15. The minimum atomic E-state index is -2.85. The Kier molecular flexibility index (Phi) is 6.54. The highest BCUT2D eigenvalue weighted by Crippen LogP contribution is 2.19. The van der Waals surface area contributed by atoms with Crippen molar-refractivity contribution in [2.45, 2.75) is 26.0 Å². The van der Waals surface area contributed by atoms with E-state index in [2.05, 4.69) is 10.1 Å². The number of hydrogen-bond acceptors (Lipinski definition) is 3. The van der Waals surface area contributed by atoms with Crippen LogP contribution in [0.5, 0.6) is 11.5 Å². The van der Waals surface area contributed by atoms with Crippen molar-refractivity contribution >= 4 is 5.91 Å². The third kappa shape index (κ3) is 5.87. The number of benzene rings is 2. The van der Waals surface area contributed by atoms with Crippen LogP contribution in [-0.4, -0.2) is 19.1 Å². The lowest BCUT2D eigenvalue weighted by atomic mass is 10.1. The first kappa shape index (κ1) is 17.7. The number of nitrogens with one attached hydrogen (secondary N) is 1. The maximum absolute atomic E-state index is 12.1. The molecule has 1 amide bonds. The molecule has 0 heterocycles. The van der Waals surface area contributed by atoms with Gasteiger partial charge in [-0.05, 0) is 36.8 Å². The molecule has 0 aliphatic heterocycles. The molecule has 2 aromatic carbocycles. The number of ether oxygens (including phenoxy) is 2. The molecule has 0 saturated carbocycles. The van der Waals surface area contributed by atoms with Gasteiger partial charge in [-0.25, -0.2) is 0 Å². The Bertz CT molecular complexity index is 632. The van der Waals surface area contributed by atoms with Crippen LogP contribution in [0.2, 0.25) is 0 Å². The van der Waals surface area contributed by atoms with E-state index in [9.17, 15) is 13.6 Å². The highest BCUT2D eigenvalue weighted by atomic mass is 19.3. The van der Waals surface area contributed by atoms with Gasteiger partial charge in [0.1, 0.15) is 11.5 Å². The molecule has 1 N–H and O–H groups in total. The molecule has 1 atom stereocenters. The van der Waals surface area contributed by atoms with Crippen LogP contribution in [0, 0.1) is 0 Å².